The number of hydrogen-bond acceptors (Lipinski definition) is 6. The van der Waals surface area contributed by atoms with Gasteiger partial charge in [-0.05, 0) is 73.9 Å². The summed E-state index contributed by atoms with van der Waals surface area (Å²) in [5.74, 6) is -0.263. The van der Waals surface area contributed by atoms with Crippen molar-refractivity contribution in [3.05, 3.63) is 58.5 Å². The first-order valence-electron chi connectivity index (χ1n) is 11.0. The molecule has 0 aliphatic carbocycles. The number of nitrogens with zero attached hydrogens (tertiary/aromatic N) is 2. The van der Waals surface area contributed by atoms with E-state index in [9.17, 15) is 14.4 Å². The molecule has 7 nitrogen and oxygen atoms in total. The van der Waals surface area contributed by atoms with Gasteiger partial charge < -0.3 is 15.0 Å². The Morgan fingerprint density at radius 2 is 1.91 bits per heavy atom. The average Bonchev–Trinajstić information content (AvgIpc) is 3.07. The molecule has 0 bridgehead atoms. The van der Waals surface area contributed by atoms with Crippen LogP contribution in [0.3, 0.4) is 0 Å². The Morgan fingerprint density at radius 1 is 1.12 bits per heavy atom. The van der Waals surface area contributed by atoms with Gasteiger partial charge in [0.25, 0.3) is 11.1 Å². The van der Waals surface area contributed by atoms with Crippen molar-refractivity contribution in [2.45, 2.75) is 26.2 Å². The number of imide groups is 1. The van der Waals surface area contributed by atoms with Gasteiger partial charge in [0.05, 0.1) is 12.0 Å². The summed E-state index contributed by atoms with van der Waals surface area (Å²) in [4.78, 5) is 41.3. The van der Waals surface area contributed by atoms with E-state index in [2.05, 4.69) is 10.2 Å². The van der Waals surface area contributed by atoms with Crippen LogP contribution in [0.15, 0.2) is 47.4 Å². The lowest BCUT2D eigenvalue weighted by Crippen LogP contribution is -2.36. The number of methoxy groups -OCH3 is 1. The third kappa shape index (κ3) is 5.39. The fourth-order valence-corrected chi connectivity index (χ4v) is 4.84. The summed E-state index contributed by atoms with van der Waals surface area (Å²) in [5, 5.41) is 2.27. The van der Waals surface area contributed by atoms with Crippen LogP contribution in [0.4, 0.5) is 16.2 Å². The molecular weight excluding hydrogens is 438 g/mol. The van der Waals surface area contributed by atoms with E-state index >= 15 is 0 Å². The Labute approximate surface area is 197 Å². The maximum atomic E-state index is 12.9. The Kier molecular flexibility index (Phi) is 7.03. The molecule has 8 heteroatoms. The van der Waals surface area contributed by atoms with Crippen LogP contribution in [-0.4, -0.2) is 48.7 Å². The number of carbonyl (C=O) groups is 3. The quantitative estimate of drug-likeness (QED) is 0.625. The minimum Gasteiger partial charge on any atom is -0.496 e. The summed E-state index contributed by atoms with van der Waals surface area (Å²) in [6, 6.07) is 13.2. The van der Waals surface area contributed by atoms with Crippen molar-refractivity contribution < 1.29 is 19.1 Å². The highest BCUT2D eigenvalue weighted by atomic mass is 32.2. The van der Waals surface area contributed by atoms with Crippen LogP contribution < -0.4 is 15.0 Å². The highest BCUT2D eigenvalue weighted by molar-refractivity contribution is 8.18. The van der Waals surface area contributed by atoms with Gasteiger partial charge in [0.15, 0.2) is 0 Å². The lowest BCUT2D eigenvalue weighted by Gasteiger charge is -2.29. The van der Waals surface area contributed by atoms with E-state index in [4.69, 9.17) is 4.74 Å². The Hall–Kier alpha value is -3.26. The number of ether oxygens (including phenoxy) is 1. The van der Waals surface area contributed by atoms with Crippen LogP contribution in [0.25, 0.3) is 6.08 Å². The van der Waals surface area contributed by atoms with Gasteiger partial charge >= 0.3 is 0 Å². The van der Waals surface area contributed by atoms with Crippen molar-refractivity contribution in [2.24, 2.45) is 0 Å². The normalized spacial score (nSPS) is 17.6. The van der Waals surface area contributed by atoms with Crippen LogP contribution >= 0.6 is 11.8 Å². The van der Waals surface area contributed by atoms with E-state index in [1.165, 1.54) is 19.3 Å². The first-order chi connectivity index (χ1) is 15.9. The van der Waals surface area contributed by atoms with Gasteiger partial charge in [0.2, 0.25) is 5.91 Å². The SMILES string of the molecule is COc1cc(N2CCCCC2)ccc1/C=C1\SC(=O)N(CC(=O)Nc2cccc(C)c2)C1=O. The highest BCUT2D eigenvalue weighted by Gasteiger charge is 2.36. The Morgan fingerprint density at radius 3 is 2.64 bits per heavy atom. The van der Waals surface area contributed by atoms with E-state index in [0.29, 0.717) is 17.0 Å². The zero-order chi connectivity index (χ0) is 23.4. The molecule has 0 spiro atoms. The van der Waals surface area contributed by atoms with Gasteiger partial charge in [-0.2, -0.15) is 0 Å². The summed E-state index contributed by atoms with van der Waals surface area (Å²) >= 11 is 0.831. The van der Waals surface area contributed by atoms with Crippen molar-refractivity contribution in [1.82, 2.24) is 4.90 Å². The van der Waals surface area contributed by atoms with Gasteiger partial charge in [-0.3, -0.25) is 19.3 Å². The Bertz CT molecular complexity index is 1110. The summed E-state index contributed by atoms with van der Waals surface area (Å²) in [5.41, 5.74) is 3.43. The molecule has 4 rings (SSSR count). The summed E-state index contributed by atoms with van der Waals surface area (Å²) in [6.07, 6.45) is 5.26. The zero-order valence-electron chi connectivity index (χ0n) is 18.8. The number of rotatable bonds is 6. The van der Waals surface area contributed by atoms with Crippen LogP contribution in [0, 0.1) is 6.92 Å². The lowest BCUT2D eigenvalue weighted by molar-refractivity contribution is -0.127. The van der Waals surface area contributed by atoms with Crippen molar-refractivity contribution in [3.63, 3.8) is 0 Å². The first-order valence-corrected chi connectivity index (χ1v) is 11.8. The predicted molar refractivity (Wildman–Crippen MR) is 132 cm³/mol. The second-order valence-electron chi connectivity index (χ2n) is 8.16. The molecule has 33 heavy (non-hydrogen) atoms. The standard InChI is InChI=1S/C25H27N3O4S/c1-17-7-6-8-19(13-17)26-23(29)16-28-24(30)22(33-25(28)31)14-18-9-10-20(15-21(18)32-2)27-11-4-3-5-12-27/h6-10,13-15H,3-5,11-12,16H2,1-2H3,(H,26,29)/b22-14-. The van der Waals surface area contributed by atoms with E-state index in [1.54, 1.807) is 19.3 Å². The number of anilines is 2. The second kappa shape index (κ2) is 10.1. The minimum atomic E-state index is -0.480. The number of piperidine rings is 1. The zero-order valence-corrected chi connectivity index (χ0v) is 19.6. The fourth-order valence-electron chi connectivity index (χ4n) is 4.01. The molecule has 2 aromatic carbocycles. The van der Waals surface area contributed by atoms with Crippen molar-refractivity contribution in [3.8, 4) is 5.75 Å². The maximum absolute atomic E-state index is 12.9. The topological polar surface area (TPSA) is 79.0 Å². The van der Waals surface area contributed by atoms with Crippen LogP contribution in [0.1, 0.15) is 30.4 Å². The molecule has 172 valence electrons. The third-order valence-corrected chi connectivity index (χ3v) is 6.61. The first kappa shape index (κ1) is 22.9. The minimum absolute atomic E-state index is 0.271. The second-order valence-corrected chi connectivity index (χ2v) is 9.15. The van der Waals surface area contributed by atoms with Gasteiger partial charge in [0, 0.05) is 36.1 Å². The average molecular weight is 466 g/mol. The van der Waals surface area contributed by atoms with E-state index < -0.39 is 17.1 Å². The predicted octanol–water partition coefficient (Wildman–Crippen LogP) is 4.67. The van der Waals surface area contributed by atoms with E-state index in [1.807, 2.05) is 43.3 Å². The van der Waals surface area contributed by atoms with Gasteiger partial charge in [-0.15, -0.1) is 0 Å². The lowest BCUT2D eigenvalue weighted by atomic mass is 10.1. The Balaban J connectivity index is 1.47. The molecule has 2 heterocycles. The monoisotopic (exact) mass is 465 g/mol. The summed E-state index contributed by atoms with van der Waals surface area (Å²) in [7, 11) is 1.59. The molecule has 3 amide bonds. The molecular formula is C25H27N3O4S. The van der Waals surface area contributed by atoms with E-state index in [0.717, 1.165) is 41.0 Å². The van der Waals surface area contributed by atoms with Crippen molar-refractivity contribution in [1.29, 1.82) is 0 Å². The van der Waals surface area contributed by atoms with E-state index in [-0.39, 0.29) is 11.4 Å². The van der Waals surface area contributed by atoms with Crippen LogP contribution in [0.5, 0.6) is 5.75 Å². The van der Waals surface area contributed by atoms with Crippen LogP contribution in [0.2, 0.25) is 0 Å². The molecule has 0 atom stereocenters. The fraction of sp³-hybridized carbons (Fsp3) is 0.320. The maximum Gasteiger partial charge on any atom is 0.294 e. The number of amides is 3. The molecule has 0 radical (unpaired) electrons. The molecule has 0 saturated carbocycles. The van der Waals surface area contributed by atoms with Gasteiger partial charge in [0.1, 0.15) is 12.3 Å². The van der Waals surface area contributed by atoms with Crippen molar-refractivity contribution >= 4 is 46.3 Å². The number of aryl methyl sites for hydroxylation is 1. The number of hydrogen-bond donors (Lipinski definition) is 1. The largest absolute Gasteiger partial charge is 0.496 e. The highest BCUT2D eigenvalue weighted by Crippen LogP contribution is 2.35. The molecule has 0 unspecified atom stereocenters. The van der Waals surface area contributed by atoms with Crippen LogP contribution in [-0.2, 0) is 9.59 Å². The van der Waals surface area contributed by atoms with Crippen molar-refractivity contribution in [2.75, 3.05) is 37.0 Å². The number of carbonyl (C=O) groups excluding carboxylic acids is 3. The number of thioether (sulfide) groups is 1. The number of nitrogens with one attached hydrogen (secondary N) is 1. The van der Waals surface area contributed by atoms with Gasteiger partial charge in [-0.1, -0.05) is 12.1 Å². The molecule has 2 saturated heterocycles. The molecule has 0 aromatic heterocycles. The summed E-state index contributed by atoms with van der Waals surface area (Å²) < 4.78 is 5.56. The van der Waals surface area contributed by atoms with Gasteiger partial charge in [-0.25, -0.2) is 0 Å². The molecule has 2 aliphatic rings. The molecule has 1 N–H and O–H groups in total. The summed E-state index contributed by atoms with van der Waals surface area (Å²) in [6.45, 7) is 3.63. The molecule has 2 fully saturated rings. The third-order valence-electron chi connectivity index (χ3n) is 5.70. The molecule has 2 aromatic rings. The number of benzene rings is 2. The molecule has 2 aliphatic heterocycles. The smallest absolute Gasteiger partial charge is 0.294 e.